The van der Waals surface area contributed by atoms with Gasteiger partial charge < -0.3 is 19.5 Å². The predicted octanol–water partition coefficient (Wildman–Crippen LogP) is 3.38. The van der Waals surface area contributed by atoms with Gasteiger partial charge >= 0.3 is 0 Å². The largest absolute Gasteiger partial charge is 0.493 e. The van der Waals surface area contributed by atoms with Crippen molar-refractivity contribution in [1.82, 2.24) is 10.2 Å². The van der Waals surface area contributed by atoms with Crippen molar-refractivity contribution in [3.8, 4) is 11.5 Å². The van der Waals surface area contributed by atoms with Gasteiger partial charge in [0, 0.05) is 31.2 Å². The molecule has 1 heterocycles. The molecule has 7 heteroatoms. The minimum atomic E-state index is -0.144. The summed E-state index contributed by atoms with van der Waals surface area (Å²) in [5, 5.41) is 3.49. The Morgan fingerprint density at radius 1 is 1.36 bits per heavy atom. The minimum Gasteiger partial charge on any atom is -0.493 e. The van der Waals surface area contributed by atoms with Crippen LogP contribution in [0.2, 0.25) is 5.02 Å². The molecule has 1 aromatic rings. The number of nitrogens with one attached hydrogen (secondary N) is 1. The molecule has 0 aliphatic carbocycles. The van der Waals surface area contributed by atoms with E-state index in [-0.39, 0.29) is 18.0 Å². The number of hydrogen-bond donors (Lipinski definition) is 1. The summed E-state index contributed by atoms with van der Waals surface area (Å²) in [5.41, 5.74) is 0.773. The van der Waals surface area contributed by atoms with Crippen LogP contribution in [0.3, 0.4) is 0 Å². The fraction of sp³-hybridized carbons (Fsp3) is 0.571. The maximum atomic E-state index is 12.3. The van der Waals surface area contributed by atoms with E-state index in [2.05, 4.69) is 17.1 Å². The van der Waals surface area contributed by atoms with Crippen molar-refractivity contribution in [3.63, 3.8) is 0 Å². The Kier molecular flexibility index (Phi) is 9.09. The number of nitrogens with zero attached hydrogens (tertiary/aromatic N) is 1. The highest BCUT2D eigenvalue weighted by atomic mass is 35.5. The number of halogens is 1. The molecule has 28 heavy (non-hydrogen) atoms. The molecule has 1 N–H and O–H groups in total. The van der Waals surface area contributed by atoms with Gasteiger partial charge in [0.15, 0.2) is 11.5 Å². The summed E-state index contributed by atoms with van der Waals surface area (Å²) in [6.45, 7) is 10.00. The highest BCUT2D eigenvalue weighted by Gasteiger charge is 2.22. The average Bonchev–Trinajstić information content (AvgIpc) is 2.71. The average molecular weight is 411 g/mol. The van der Waals surface area contributed by atoms with Crippen LogP contribution in [-0.4, -0.2) is 62.9 Å². The van der Waals surface area contributed by atoms with E-state index in [9.17, 15) is 4.79 Å². The van der Waals surface area contributed by atoms with Crippen LogP contribution in [0.5, 0.6) is 11.5 Å². The van der Waals surface area contributed by atoms with Crippen molar-refractivity contribution >= 4 is 23.6 Å². The Labute approximate surface area is 172 Å². The molecule has 156 valence electrons. The summed E-state index contributed by atoms with van der Waals surface area (Å²) in [7, 11) is 1.57. The molecule has 2 rings (SSSR count). The van der Waals surface area contributed by atoms with Crippen LogP contribution in [0.4, 0.5) is 0 Å². The summed E-state index contributed by atoms with van der Waals surface area (Å²) in [6.07, 6.45) is 4.11. The highest BCUT2D eigenvalue weighted by Crippen LogP contribution is 2.36. The molecular formula is C21H31ClN2O4. The third kappa shape index (κ3) is 6.40. The number of amides is 1. The number of morpholine rings is 1. The molecule has 0 aromatic heterocycles. The Hall–Kier alpha value is -1.76. The van der Waals surface area contributed by atoms with E-state index in [1.165, 1.54) is 6.08 Å². The minimum absolute atomic E-state index is 0.0261. The topological polar surface area (TPSA) is 60.0 Å². The van der Waals surface area contributed by atoms with Gasteiger partial charge in [-0.05, 0) is 44.0 Å². The molecule has 0 saturated carbocycles. The van der Waals surface area contributed by atoms with Crippen molar-refractivity contribution in [3.05, 3.63) is 28.8 Å². The maximum Gasteiger partial charge on any atom is 0.244 e. The summed E-state index contributed by atoms with van der Waals surface area (Å²) in [6, 6.07) is 3.84. The molecule has 1 aliphatic rings. The summed E-state index contributed by atoms with van der Waals surface area (Å²) in [5.74, 6) is 0.935. The van der Waals surface area contributed by atoms with E-state index >= 15 is 0 Å². The van der Waals surface area contributed by atoms with E-state index in [1.807, 2.05) is 13.8 Å². The number of methoxy groups -OCH3 is 1. The molecule has 6 nitrogen and oxygen atoms in total. The molecule has 0 bridgehead atoms. The molecule has 2 unspecified atom stereocenters. The Morgan fingerprint density at radius 2 is 2.07 bits per heavy atom. The van der Waals surface area contributed by atoms with E-state index in [0.29, 0.717) is 23.1 Å². The van der Waals surface area contributed by atoms with E-state index in [0.717, 1.165) is 38.3 Å². The van der Waals surface area contributed by atoms with Gasteiger partial charge in [-0.1, -0.05) is 18.5 Å². The second-order valence-electron chi connectivity index (χ2n) is 6.90. The molecular weight excluding hydrogens is 380 g/mol. The highest BCUT2D eigenvalue weighted by molar-refractivity contribution is 6.32. The predicted molar refractivity (Wildman–Crippen MR) is 112 cm³/mol. The number of benzene rings is 1. The normalized spacial score (nSPS) is 17.3. The molecule has 2 atom stereocenters. The lowest BCUT2D eigenvalue weighted by Gasteiger charge is -2.35. The van der Waals surface area contributed by atoms with Crippen LogP contribution in [0.1, 0.15) is 32.8 Å². The van der Waals surface area contributed by atoms with Crippen molar-refractivity contribution in [2.24, 2.45) is 0 Å². The quantitative estimate of drug-likeness (QED) is 0.632. The van der Waals surface area contributed by atoms with Gasteiger partial charge in [0.1, 0.15) is 0 Å². The molecule has 0 radical (unpaired) electrons. The Bertz CT molecular complexity index is 675. The molecule has 1 fully saturated rings. The first-order valence-corrected chi connectivity index (χ1v) is 10.1. The monoisotopic (exact) mass is 410 g/mol. The molecule has 1 aliphatic heterocycles. The SMILES string of the molecule is CCCOc1c(Cl)cc(C=CC(=O)NC(C)C(C)N2CCOCC2)cc1OC. The van der Waals surface area contributed by atoms with Crippen molar-refractivity contribution in [2.45, 2.75) is 39.3 Å². The van der Waals surface area contributed by atoms with E-state index < -0.39 is 0 Å². The van der Waals surface area contributed by atoms with E-state index in [4.69, 9.17) is 25.8 Å². The van der Waals surface area contributed by atoms with Gasteiger partial charge in [0.25, 0.3) is 0 Å². The lowest BCUT2D eigenvalue weighted by atomic mass is 10.1. The zero-order valence-electron chi connectivity index (χ0n) is 17.2. The fourth-order valence-corrected chi connectivity index (χ4v) is 3.32. The van der Waals surface area contributed by atoms with Gasteiger partial charge in [0.2, 0.25) is 5.91 Å². The van der Waals surface area contributed by atoms with Gasteiger partial charge in [-0.3, -0.25) is 9.69 Å². The van der Waals surface area contributed by atoms with Crippen LogP contribution < -0.4 is 14.8 Å². The number of carbonyl (C=O) groups is 1. The van der Waals surface area contributed by atoms with Gasteiger partial charge in [0.05, 0.1) is 32.0 Å². The van der Waals surface area contributed by atoms with Crippen LogP contribution in [0.25, 0.3) is 6.08 Å². The van der Waals surface area contributed by atoms with Crippen molar-refractivity contribution < 1.29 is 19.0 Å². The summed E-state index contributed by atoms with van der Waals surface area (Å²) in [4.78, 5) is 14.7. The van der Waals surface area contributed by atoms with Gasteiger partial charge in [-0.2, -0.15) is 0 Å². The van der Waals surface area contributed by atoms with Crippen molar-refractivity contribution in [2.75, 3.05) is 40.0 Å². The third-order valence-electron chi connectivity index (χ3n) is 4.84. The van der Waals surface area contributed by atoms with Crippen LogP contribution in [0.15, 0.2) is 18.2 Å². The van der Waals surface area contributed by atoms with Crippen LogP contribution in [-0.2, 0) is 9.53 Å². The Morgan fingerprint density at radius 3 is 2.71 bits per heavy atom. The molecule has 1 aromatic carbocycles. The lowest BCUT2D eigenvalue weighted by molar-refractivity contribution is -0.117. The zero-order chi connectivity index (χ0) is 20.5. The number of hydrogen-bond acceptors (Lipinski definition) is 5. The lowest BCUT2D eigenvalue weighted by Crippen LogP contribution is -2.51. The smallest absolute Gasteiger partial charge is 0.244 e. The molecule has 1 amide bonds. The fourth-order valence-electron chi connectivity index (χ4n) is 3.05. The van der Waals surface area contributed by atoms with Crippen LogP contribution in [0, 0.1) is 0 Å². The molecule has 1 saturated heterocycles. The molecule has 0 spiro atoms. The summed E-state index contributed by atoms with van der Waals surface area (Å²) >= 11 is 6.32. The first-order valence-electron chi connectivity index (χ1n) is 9.77. The Balaban J connectivity index is 1.98. The maximum absolute atomic E-state index is 12.3. The second kappa shape index (κ2) is 11.3. The number of rotatable bonds is 9. The number of carbonyl (C=O) groups excluding carboxylic acids is 1. The van der Waals surface area contributed by atoms with Gasteiger partial charge in [-0.25, -0.2) is 0 Å². The van der Waals surface area contributed by atoms with Gasteiger partial charge in [-0.15, -0.1) is 0 Å². The summed E-state index contributed by atoms with van der Waals surface area (Å²) < 4.78 is 16.4. The van der Waals surface area contributed by atoms with E-state index in [1.54, 1.807) is 25.3 Å². The third-order valence-corrected chi connectivity index (χ3v) is 5.13. The second-order valence-corrected chi connectivity index (χ2v) is 7.31. The zero-order valence-corrected chi connectivity index (χ0v) is 17.9. The van der Waals surface area contributed by atoms with Crippen LogP contribution >= 0.6 is 11.6 Å². The first kappa shape index (κ1) is 22.5. The standard InChI is InChI=1S/C21H31ClN2O4/c1-5-10-28-21-18(22)13-17(14-19(21)26-4)6-7-20(25)23-15(2)16(3)24-8-11-27-12-9-24/h6-7,13-16H,5,8-12H2,1-4H3,(H,23,25). The van der Waals surface area contributed by atoms with Crippen molar-refractivity contribution in [1.29, 1.82) is 0 Å². The number of ether oxygens (including phenoxy) is 3. The first-order chi connectivity index (χ1) is 13.5.